The number of carboxylic acid groups (broad SMARTS) is 1. The van der Waals surface area contributed by atoms with Gasteiger partial charge in [0, 0.05) is 6.54 Å². The summed E-state index contributed by atoms with van der Waals surface area (Å²) in [6.07, 6.45) is 1.04. The van der Waals surface area contributed by atoms with Crippen molar-refractivity contribution in [1.82, 2.24) is 4.72 Å². The van der Waals surface area contributed by atoms with Crippen molar-refractivity contribution in [3.63, 3.8) is 0 Å². The van der Waals surface area contributed by atoms with Crippen molar-refractivity contribution in [3.05, 3.63) is 29.3 Å². The Morgan fingerprint density at radius 1 is 1.47 bits per heavy atom. The number of carboxylic acids is 1. The zero-order valence-electron chi connectivity index (χ0n) is 10.9. The Kier molecular flexibility index (Phi) is 3.64. The molecule has 0 amide bonds. The molecule has 0 heterocycles. The van der Waals surface area contributed by atoms with E-state index in [2.05, 4.69) is 11.6 Å². The minimum atomic E-state index is -3.64. The summed E-state index contributed by atoms with van der Waals surface area (Å²) in [4.78, 5) is 11.0. The third kappa shape index (κ3) is 2.96. The van der Waals surface area contributed by atoms with Crippen molar-refractivity contribution in [2.75, 3.05) is 6.54 Å². The summed E-state index contributed by atoms with van der Waals surface area (Å²) in [7, 11) is -3.64. The van der Waals surface area contributed by atoms with E-state index in [0.717, 1.165) is 6.42 Å². The topological polar surface area (TPSA) is 83.5 Å². The normalized spacial score (nSPS) is 22.2. The van der Waals surface area contributed by atoms with Gasteiger partial charge in [0.1, 0.15) is 0 Å². The molecule has 0 aliphatic heterocycles. The molecule has 19 heavy (non-hydrogen) atoms. The first kappa shape index (κ1) is 14.0. The second kappa shape index (κ2) is 4.94. The molecule has 1 aromatic rings. The maximum absolute atomic E-state index is 12.2. The van der Waals surface area contributed by atoms with Gasteiger partial charge in [-0.1, -0.05) is 13.0 Å². The molecule has 0 radical (unpaired) electrons. The number of benzene rings is 1. The average Bonchev–Trinajstić information content (AvgIpc) is 3.02. The lowest BCUT2D eigenvalue weighted by Gasteiger charge is -2.10. The fourth-order valence-corrected chi connectivity index (χ4v) is 3.48. The van der Waals surface area contributed by atoms with Gasteiger partial charge in [0.15, 0.2) is 0 Å². The first-order chi connectivity index (χ1) is 8.83. The van der Waals surface area contributed by atoms with Crippen LogP contribution in [0.25, 0.3) is 0 Å². The molecular formula is C13H17NO4S. The molecule has 0 bridgehead atoms. The van der Waals surface area contributed by atoms with Gasteiger partial charge < -0.3 is 5.11 Å². The molecular weight excluding hydrogens is 266 g/mol. The summed E-state index contributed by atoms with van der Waals surface area (Å²) in [5, 5.41) is 9.00. The Bertz CT molecular complexity index is 609. The molecule has 2 rings (SSSR count). The predicted molar refractivity (Wildman–Crippen MR) is 70.6 cm³/mol. The van der Waals surface area contributed by atoms with Crippen LogP contribution in [0.2, 0.25) is 0 Å². The molecule has 0 aromatic heterocycles. The minimum Gasteiger partial charge on any atom is -0.478 e. The maximum atomic E-state index is 12.2. The lowest BCUT2D eigenvalue weighted by molar-refractivity contribution is 0.0696. The first-order valence-corrected chi connectivity index (χ1v) is 7.64. The summed E-state index contributed by atoms with van der Waals surface area (Å²) < 4.78 is 26.9. The highest BCUT2D eigenvalue weighted by Crippen LogP contribution is 2.37. The third-order valence-corrected chi connectivity index (χ3v) is 5.18. The largest absolute Gasteiger partial charge is 0.478 e. The van der Waals surface area contributed by atoms with E-state index in [1.165, 1.54) is 25.1 Å². The quantitative estimate of drug-likeness (QED) is 0.860. The van der Waals surface area contributed by atoms with E-state index in [1.54, 1.807) is 0 Å². The smallest absolute Gasteiger partial charge is 0.335 e. The SMILES string of the molecule is Cc1c(C(=O)O)cccc1S(=O)(=O)NCC1CC1C. The number of rotatable bonds is 5. The van der Waals surface area contributed by atoms with E-state index in [4.69, 9.17) is 5.11 Å². The maximum Gasteiger partial charge on any atom is 0.335 e. The van der Waals surface area contributed by atoms with Crippen LogP contribution in [0.3, 0.4) is 0 Å². The summed E-state index contributed by atoms with van der Waals surface area (Å²) >= 11 is 0. The Morgan fingerprint density at radius 2 is 2.11 bits per heavy atom. The number of hydrogen-bond donors (Lipinski definition) is 2. The molecule has 1 fully saturated rings. The molecule has 2 atom stereocenters. The van der Waals surface area contributed by atoms with Gasteiger partial charge in [0.2, 0.25) is 10.0 Å². The van der Waals surface area contributed by atoms with Crippen LogP contribution in [-0.2, 0) is 10.0 Å². The summed E-state index contributed by atoms with van der Waals surface area (Å²) in [6, 6.07) is 4.28. The van der Waals surface area contributed by atoms with Gasteiger partial charge in [-0.15, -0.1) is 0 Å². The van der Waals surface area contributed by atoms with Crippen molar-refractivity contribution in [1.29, 1.82) is 0 Å². The van der Waals surface area contributed by atoms with Crippen LogP contribution >= 0.6 is 0 Å². The average molecular weight is 283 g/mol. The van der Waals surface area contributed by atoms with Crippen molar-refractivity contribution in [2.45, 2.75) is 25.2 Å². The van der Waals surface area contributed by atoms with E-state index in [1.807, 2.05) is 0 Å². The van der Waals surface area contributed by atoms with E-state index < -0.39 is 16.0 Å². The Balaban J connectivity index is 2.24. The Labute approximate surface area is 112 Å². The molecule has 2 unspecified atom stereocenters. The van der Waals surface area contributed by atoms with Crippen molar-refractivity contribution < 1.29 is 18.3 Å². The number of carbonyl (C=O) groups is 1. The number of nitrogens with one attached hydrogen (secondary N) is 1. The second-order valence-electron chi connectivity index (χ2n) is 5.06. The van der Waals surface area contributed by atoms with Crippen LogP contribution in [0.5, 0.6) is 0 Å². The number of aromatic carboxylic acids is 1. The van der Waals surface area contributed by atoms with Gasteiger partial charge in [0.25, 0.3) is 0 Å². The zero-order valence-corrected chi connectivity index (χ0v) is 11.7. The van der Waals surface area contributed by atoms with E-state index in [9.17, 15) is 13.2 Å². The molecule has 1 aromatic carbocycles. The fraction of sp³-hybridized carbons (Fsp3) is 0.462. The molecule has 5 nitrogen and oxygen atoms in total. The number of hydrogen-bond acceptors (Lipinski definition) is 3. The van der Waals surface area contributed by atoms with E-state index in [0.29, 0.717) is 18.4 Å². The van der Waals surface area contributed by atoms with E-state index in [-0.39, 0.29) is 16.0 Å². The standard InChI is InChI=1S/C13H17NO4S/c1-8-6-10(8)7-14-19(17,18)12-5-3-4-11(9(12)2)13(15)16/h3-5,8,10,14H,6-7H2,1-2H3,(H,15,16). The van der Waals surface area contributed by atoms with Crippen LogP contribution in [0.1, 0.15) is 29.3 Å². The number of sulfonamides is 1. The lowest BCUT2D eigenvalue weighted by Crippen LogP contribution is -2.27. The van der Waals surface area contributed by atoms with Gasteiger partial charge in [-0.3, -0.25) is 0 Å². The van der Waals surface area contributed by atoms with Crippen molar-refractivity contribution in [3.8, 4) is 0 Å². The highest BCUT2D eigenvalue weighted by molar-refractivity contribution is 7.89. The minimum absolute atomic E-state index is 0.0164. The van der Waals surface area contributed by atoms with Crippen LogP contribution < -0.4 is 4.72 Å². The summed E-state index contributed by atoms with van der Waals surface area (Å²) in [5.74, 6) is -0.155. The molecule has 0 spiro atoms. The van der Waals surface area contributed by atoms with Gasteiger partial charge in [-0.25, -0.2) is 17.9 Å². The van der Waals surface area contributed by atoms with Crippen molar-refractivity contribution >= 4 is 16.0 Å². The molecule has 6 heteroatoms. The second-order valence-corrected chi connectivity index (χ2v) is 6.79. The summed E-state index contributed by atoms with van der Waals surface area (Å²) in [5.41, 5.74) is 0.286. The molecule has 1 aliphatic rings. The predicted octanol–water partition coefficient (Wildman–Crippen LogP) is 1.63. The molecule has 0 saturated heterocycles. The van der Waals surface area contributed by atoms with Crippen molar-refractivity contribution in [2.24, 2.45) is 11.8 Å². The molecule has 1 aliphatic carbocycles. The third-order valence-electron chi connectivity index (χ3n) is 3.62. The summed E-state index contributed by atoms with van der Waals surface area (Å²) in [6.45, 7) is 4.01. The molecule has 104 valence electrons. The Morgan fingerprint density at radius 3 is 2.63 bits per heavy atom. The van der Waals surface area contributed by atoms with Crippen LogP contribution in [0.4, 0.5) is 0 Å². The molecule has 1 saturated carbocycles. The van der Waals surface area contributed by atoms with E-state index >= 15 is 0 Å². The van der Waals surface area contributed by atoms with Gasteiger partial charge in [0.05, 0.1) is 10.5 Å². The van der Waals surface area contributed by atoms with Crippen LogP contribution in [0, 0.1) is 18.8 Å². The van der Waals surface area contributed by atoms with Gasteiger partial charge in [-0.05, 0) is 42.9 Å². The van der Waals surface area contributed by atoms with Gasteiger partial charge >= 0.3 is 5.97 Å². The fourth-order valence-electron chi connectivity index (χ4n) is 2.12. The zero-order chi connectivity index (χ0) is 14.2. The van der Waals surface area contributed by atoms with Crippen LogP contribution in [0.15, 0.2) is 23.1 Å². The van der Waals surface area contributed by atoms with Crippen LogP contribution in [-0.4, -0.2) is 26.0 Å². The molecule has 2 N–H and O–H groups in total. The lowest BCUT2D eigenvalue weighted by atomic mass is 10.1. The first-order valence-electron chi connectivity index (χ1n) is 6.15. The van der Waals surface area contributed by atoms with Gasteiger partial charge in [-0.2, -0.15) is 0 Å². The highest BCUT2D eigenvalue weighted by atomic mass is 32.2. The Hall–Kier alpha value is -1.40. The monoisotopic (exact) mass is 283 g/mol. The highest BCUT2D eigenvalue weighted by Gasteiger charge is 2.33.